The zero-order valence-electron chi connectivity index (χ0n) is 17.8. The Balaban J connectivity index is 1.47. The summed E-state index contributed by atoms with van der Waals surface area (Å²) in [6.45, 7) is 3.02. The van der Waals surface area contributed by atoms with Gasteiger partial charge < -0.3 is 24.3 Å². The number of nitrogens with one attached hydrogen (secondary N) is 1. The molecular formula is C23H26N2O5S. The molecule has 0 saturated carbocycles. The molecule has 0 unspecified atom stereocenters. The van der Waals surface area contributed by atoms with Crippen molar-refractivity contribution in [2.45, 2.75) is 19.8 Å². The molecule has 0 fully saturated rings. The van der Waals surface area contributed by atoms with E-state index in [9.17, 15) is 4.79 Å². The average molecular weight is 443 g/mol. The van der Waals surface area contributed by atoms with Crippen molar-refractivity contribution >= 4 is 22.4 Å². The maximum Gasteiger partial charge on any atom is 0.226 e. The zero-order valence-corrected chi connectivity index (χ0v) is 18.7. The second-order valence-corrected chi connectivity index (χ2v) is 7.37. The van der Waals surface area contributed by atoms with Crippen molar-refractivity contribution in [1.29, 1.82) is 0 Å². The number of anilines is 1. The van der Waals surface area contributed by atoms with E-state index in [-0.39, 0.29) is 5.91 Å². The molecule has 1 aromatic heterocycles. The number of thiazole rings is 1. The van der Waals surface area contributed by atoms with E-state index in [0.29, 0.717) is 42.7 Å². The summed E-state index contributed by atoms with van der Waals surface area (Å²) in [6.07, 6.45) is 0.946. The fourth-order valence-corrected chi connectivity index (χ4v) is 3.60. The van der Waals surface area contributed by atoms with Crippen LogP contribution in [0.2, 0.25) is 0 Å². The van der Waals surface area contributed by atoms with Crippen molar-refractivity contribution in [3.63, 3.8) is 0 Å². The molecule has 7 nitrogen and oxygen atoms in total. The molecule has 164 valence electrons. The lowest BCUT2D eigenvalue weighted by Crippen LogP contribution is -2.12. The molecule has 0 saturated heterocycles. The predicted molar refractivity (Wildman–Crippen MR) is 122 cm³/mol. The largest absolute Gasteiger partial charge is 0.497 e. The quantitative estimate of drug-likeness (QED) is 0.420. The number of carbonyl (C=O) groups excluding carboxylic acids is 1. The number of hydrogen-bond acceptors (Lipinski definition) is 7. The van der Waals surface area contributed by atoms with Gasteiger partial charge >= 0.3 is 0 Å². The fraction of sp³-hybridized carbons (Fsp3) is 0.304. The molecule has 1 amide bonds. The summed E-state index contributed by atoms with van der Waals surface area (Å²) in [5.41, 5.74) is 1.57. The minimum absolute atomic E-state index is 0.0992. The zero-order chi connectivity index (χ0) is 22.1. The van der Waals surface area contributed by atoms with Crippen LogP contribution in [0.3, 0.4) is 0 Å². The van der Waals surface area contributed by atoms with Gasteiger partial charge in [0, 0.05) is 23.4 Å². The van der Waals surface area contributed by atoms with Gasteiger partial charge in [0.05, 0.1) is 33.1 Å². The highest BCUT2D eigenvalue weighted by Gasteiger charge is 2.13. The number of rotatable bonds is 11. The van der Waals surface area contributed by atoms with Crippen LogP contribution in [0.5, 0.6) is 23.0 Å². The van der Waals surface area contributed by atoms with Crippen LogP contribution in [0, 0.1) is 0 Å². The summed E-state index contributed by atoms with van der Waals surface area (Å²) in [5.74, 6) is 2.83. The van der Waals surface area contributed by atoms with E-state index in [1.165, 1.54) is 11.3 Å². The van der Waals surface area contributed by atoms with Gasteiger partial charge in [0.2, 0.25) is 5.91 Å². The first-order valence-corrected chi connectivity index (χ1v) is 10.8. The Morgan fingerprint density at radius 2 is 1.71 bits per heavy atom. The highest BCUT2D eigenvalue weighted by atomic mass is 32.1. The van der Waals surface area contributed by atoms with Crippen molar-refractivity contribution in [1.82, 2.24) is 4.98 Å². The van der Waals surface area contributed by atoms with Crippen molar-refractivity contribution in [3.8, 4) is 34.3 Å². The normalized spacial score (nSPS) is 10.4. The van der Waals surface area contributed by atoms with Crippen molar-refractivity contribution in [2.75, 3.05) is 32.8 Å². The molecular weight excluding hydrogens is 416 g/mol. The standard InChI is InChI=1S/C23H26N2O5S/c1-4-29-16-7-9-17(10-8-16)30-13-5-6-22(26)25-23-24-20(15-31-23)19-12-11-18(27-2)14-21(19)28-3/h7-12,14-15H,4-6,13H2,1-3H3,(H,24,25,26). The number of ether oxygens (including phenoxy) is 4. The summed E-state index contributed by atoms with van der Waals surface area (Å²) in [6, 6.07) is 13.0. The molecule has 3 rings (SSSR count). The lowest BCUT2D eigenvalue weighted by Gasteiger charge is -2.08. The summed E-state index contributed by atoms with van der Waals surface area (Å²) < 4.78 is 21.7. The van der Waals surface area contributed by atoms with E-state index in [0.717, 1.165) is 22.8 Å². The number of amides is 1. The Hall–Kier alpha value is -3.26. The van der Waals surface area contributed by atoms with Crippen LogP contribution >= 0.6 is 11.3 Å². The van der Waals surface area contributed by atoms with Crippen LogP contribution in [-0.4, -0.2) is 38.3 Å². The van der Waals surface area contributed by atoms with Gasteiger partial charge in [0.1, 0.15) is 23.0 Å². The molecule has 31 heavy (non-hydrogen) atoms. The van der Waals surface area contributed by atoms with E-state index < -0.39 is 0 Å². The van der Waals surface area contributed by atoms with Crippen molar-refractivity contribution in [2.24, 2.45) is 0 Å². The fourth-order valence-electron chi connectivity index (χ4n) is 2.87. The first-order valence-electron chi connectivity index (χ1n) is 9.96. The molecule has 0 spiro atoms. The Morgan fingerprint density at radius 1 is 1.00 bits per heavy atom. The summed E-state index contributed by atoms with van der Waals surface area (Å²) in [4.78, 5) is 16.7. The number of benzene rings is 2. The molecule has 1 N–H and O–H groups in total. The number of nitrogens with zero attached hydrogens (tertiary/aromatic N) is 1. The first-order chi connectivity index (χ1) is 15.1. The third-order valence-corrected chi connectivity index (χ3v) is 5.14. The van der Waals surface area contributed by atoms with Crippen molar-refractivity contribution in [3.05, 3.63) is 47.8 Å². The molecule has 8 heteroatoms. The molecule has 0 aliphatic heterocycles. The number of methoxy groups -OCH3 is 2. The SMILES string of the molecule is CCOc1ccc(OCCCC(=O)Nc2nc(-c3ccc(OC)cc3OC)cs2)cc1. The van der Waals surface area contributed by atoms with E-state index in [1.54, 1.807) is 20.3 Å². The van der Waals surface area contributed by atoms with Crippen LogP contribution < -0.4 is 24.3 Å². The van der Waals surface area contributed by atoms with Gasteiger partial charge in [-0.2, -0.15) is 0 Å². The van der Waals surface area contributed by atoms with E-state index in [2.05, 4.69) is 10.3 Å². The summed E-state index contributed by atoms with van der Waals surface area (Å²) >= 11 is 1.37. The number of aromatic nitrogens is 1. The van der Waals surface area contributed by atoms with Gasteiger partial charge in [-0.25, -0.2) is 4.98 Å². The lowest BCUT2D eigenvalue weighted by atomic mass is 10.1. The second-order valence-electron chi connectivity index (χ2n) is 6.51. The third kappa shape index (κ3) is 6.36. The maximum absolute atomic E-state index is 12.2. The Morgan fingerprint density at radius 3 is 2.39 bits per heavy atom. The predicted octanol–water partition coefficient (Wildman–Crippen LogP) is 5.02. The minimum atomic E-state index is -0.0992. The molecule has 0 radical (unpaired) electrons. The van der Waals surface area contributed by atoms with Crippen LogP contribution in [0.1, 0.15) is 19.8 Å². The van der Waals surface area contributed by atoms with Crippen LogP contribution in [0.15, 0.2) is 47.8 Å². The summed E-state index contributed by atoms with van der Waals surface area (Å²) in [5, 5.41) is 5.27. The van der Waals surface area contributed by atoms with Gasteiger partial charge in [-0.3, -0.25) is 4.79 Å². The van der Waals surface area contributed by atoms with E-state index in [4.69, 9.17) is 18.9 Å². The van der Waals surface area contributed by atoms with Gasteiger partial charge in [0.15, 0.2) is 5.13 Å². The topological polar surface area (TPSA) is 78.9 Å². The Kier molecular flexibility index (Phi) is 8.12. The molecule has 2 aromatic carbocycles. The van der Waals surface area contributed by atoms with Gasteiger partial charge in [-0.05, 0) is 49.7 Å². The van der Waals surface area contributed by atoms with Gasteiger partial charge in [-0.15, -0.1) is 11.3 Å². The Bertz CT molecular complexity index is 988. The van der Waals surface area contributed by atoms with Gasteiger partial charge in [-0.1, -0.05) is 0 Å². The second kappa shape index (κ2) is 11.2. The molecule has 1 heterocycles. The highest BCUT2D eigenvalue weighted by Crippen LogP contribution is 2.34. The average Bonchev–Trinajstić information content (AvgIpc) is 3.25. The molecule has 0 atom stereocenters. The van der Waals surface area contributed by atoms with E-state index in [1.807, 2.05) is 48.7 Å². The highest BCUT2D eigenvalue weighted by molar-refractivity contribution is 7.14. The molecule has 0 aliphatic rings. The molecule has 0 bridgehead atoms. The molecule has 3 aromatic rings. The lowest BCUT2D eigenvalue weighted by molar-refractivity contribution is -0.116. The van der Waals surface area contributed by atoms with E-state index >= 15 is 0 Å². The monoisotopic (exact) mass is 442 g/mol. The smallest absolute Gasteiger partial charge is 0.226 e. The van der Waals surface area contributed by atoms with Gasteiger partial charge in [0.25, 0.3) is 0 Å². The van der Waals surface area contributed by atoms with Crippen LogP contribution in [0.4, 0.5) is 5.13 Å². The molecule has 0 aliphatic carbocycles. The first kappa shape index (κ1) is 22.4. The number of hydrogen-bond donors (Lipinski definition) is 1. The summed E-state index contributed by atoms with van der Waals surface area (Å²) in [7, 11) is 3.21. The van der Waals surface area contributed by atoms with Crippen LogP contribution in [0.25, 0.3) is 11.3 Å². The maximum atomic E-state index is 12.2. The van der Waals surface area contributed by atoms with Crippen molar-refractivity contribution < 1.29 is 23.7 Å². The minimum Gasteiger partial charge on any atom is -0.497 e. The van der Waals surface area contributed by atoms with Crippen LogP contribution in [-0.2, 0) is 4.79 Å². The Labute approximate surface area is 185 Å². The third-order valence-electron chi connectivity index (χ3n) is 4.39. The number of carbonyl (C=O) groups is 1.